The van der Waals surface area contributed by atoms with Crippen molar-refractivity contribution < 1.29 is 0 Å². The van der Waals surface area contributed by atoms with Crippen LogP contribution in [-0.4, -0.2) is 26.2 Å². The summed E-state index contributed by atoms with van der Waals surface area (Å²) in [4.78, 5) is 2.29. The highest BCUT2D eigenvalue weighted by Crippen LogP contribution is 2.09. The zero-order valence-corrected chi connectivity index (χ0v) is 10.7. The fourth-order valence-electron chi connectivity index (χ4n) is 1.83. The van der Waals surface area contributed by atoms with Crippen LogP contribution in [0.4, 0.5) is 5.69 Å². The summed E-state index contributed by atoms with van der Waals surface area (Å²) in [6.07, 6.45) is 2.43. The molecule has 0 unspecified atom stereocenters. The van der Waals surface area contributed by atoms with Crippen molar-refractivity contribution in [1.82, 2.24) is 5.32 Å². The van der Waals surface area contributed by atoms with Gasteiger partial charge in [0.1, 0.15) is 0 Å². The van der Waals surface area contributed by atoms with Gasteiger partial charge in [0.05, 0.1) is 0 Å². The number of likely N-dealkylation sites (N-methyl/N-ethyl adjacent to an activating group) is 1. The molecular weight excluding hydrogens is 196 g/mol. The Balaban J connectivity index is 2.28. The zero-order valence-electron chi connectivity index (χ0n) is 10.7. The highest BCUT2D eigenvalue weighted by atomic mass is 15.1. The van der Waals surface area contributed by atoms with Gasteiger partial charge in [-0.25, -0.2) is 0 Å². The van der Waals surface area contributed by atoms with Gasteiger partial charge >= 0.3 is 0 Å². The average molecular weight is 220 g/mol. The van der Waals surface area contributed by atoms with E-state index in [1.54, 1.807) is 0 Å². The van der Waals surface area contributed by atoms with Crippen molar-refractivity contribution in [2.45, 2.75) is 32.7 Å². The van der Waals surface area contributed by atoms with Crippen molar-refractivity contribution in [1.29, 1.82) is 0 Å². The number of hydrogen-bond donors (Lipinski definition) is 1. The number of rotatable bonds is 7. The average Bonchev–Trinajstić information content (AvgIpc) is 2.35. The predicted molar refractivity (Wildman–Crippen MR) is 72.1 cm³/mol. The van der Waals surface area contributed by atoms with Crippen LogP contribution in [0.3, 0.4) is 0 Å². The third-order valence-electron chi connectivity index (χ3n) is 3.06. The minimum absolute atomic E-state index is 0.671. The first-order valence-corrected chi connectivity index (χ1v) is 6.27. The van der Waals surface area contributed by atoms with Crippen LogP contribution in [0, 0.1) is 0 Å². The summed E-state index contributed by atoms with van der Waals surface area (Å²) in [7, 11) is 2.14. The largest absolute Gasteiger partial charge is 0.373 e. The van der Waals surface area contributed by atoms with Crippen LogP contribution in [0.15, 0.2) is 30.3 Å². The summed E-state index contributed by atoms with van der Waals surface area (Å²) in [6, 6.07) is 11.2. The third kappa shape index (κ3) is 4.23. The molecular formula is C14H24N2. The van der Waals surface area contributed by atoms with E-state index in [2.05, 4.69) is 61.4 Å². The molecule has 0 amide bonds. The maximum atomic E-state index is 3.58. The Labute approximate surface area is 99.7 Å². The minimum atomic E-state index is 0.671. The quantitative estimate of drug-likeness (QED) is 0.760. The van der Waals surface area contributed by atoms with E-state index in [1.165, 1.54) is 18.5 Å². The van der Waals surface area contributed by atoms with Crippen LogP contribution in [0.5, 0.6) is 0 Å². The molecule has 90 valence electrons. The highest BCUT2D eigenvalue weighted by Gasteiger charge is 2.03. The molecule has 2 heteroatoms. The highest BCUT2D eigenvalue weighted by molar-refractivity contribution is 5.44. The molecule has 1 aromatic rings. The van der Waals surface area contributed by atoms with Gasteiger partial charge in [0.2, 0.25) is 0 Å². The standard InChI is InChI=1S/C14H24N2/c1-4-13(5-2)15-11-12-16(3)14-9-7-6-8-10-14/h6-10,13,15H,4-5,11-12H2,1-3H3. The monoisotopic (exact) mass is 220 g/mol. The molecule has 0 saturated heterocycles. The molecule has 0 aromatic heterocycles. The molecule has 1 rings (SSSR count). The van der Waals surface area contributed by atoms with Gasteiger partial charge in [-0.3, -0.25) is 0 Å². The summed E-state index contributed by atoms with van der Waals surface area (Å²) >= 11 is 0. The van der Waals surface area contributed by atoms with Crippen LogP contribution >= 0.6 is 0 Å². The molecule has 0 aliphatic carbocycles. The zero-order chi connectivity index (χ0) is 11.8. The molecule has 0 aliphatic rings. The van der Waals surface area contributed by atoms with Gasteiger partial charge in [-0.15, -0.1) is 0 Å². The Morgan fingerprint density at radius 3 is 2.31 bits per heavy atom. The van der Waals surface area contributed by atoms with E-state index in [9.17, 15) is 0 Å². The molecule has 0 aliphatic heterocycles. The third-order valence-corrected chi connectivity index (χ3v) is 3.06. The Bertz CT molecular complexity index is 267. The van der Waals surface area contributed by atoms with Gasteiger partial charge in [0.25, 0.3) is 0 Å². The van der Waals surface area contributed by atoms with Crippen molar-refractivity contribution in [3.05, 3.63) is 30.3 Å². The van der Waals surface area contributed by atoms with Gasteiger partial charge in [0, 0.05) is 31.9 Å². The van der Waals surface area contributed by atoms with Crippen LogP contribution in [-0.2, 0) is 0 Å². The summed E-state index contributed by atoms with van der Waals surface area (Å²) < 4.78 is 0. The maximum absolute atomic E-state index is 3.58. The van der Waals surface area contributed by atoms with Gasteiger partial charge in [0.15, 0.2) is 0 Å². The van der Waals surface area contributed by atoms with Crippen molar-refractivity contribution in [3.63, 3.8) is 0 Å². The first kappa shape index (κ1) is 13.0. The molecule has 0 spiro atoms. The minimum Gasteiger partial charge on any atom is -0.373 e. The van der Waals surface area contributed by atoms with E-state index in [4.69, 9.17) is 0 Å². The summed E-state index contributed by atoms with van der Waals surface area (Å²) in [5.74, 6) is 0. The normalized spacial score (nSPS) is 10.8. The molecule has 0 bridgehead atoms. The fourth-order valence-corrected chi connectivity index (χ4v) is 1.83. The molecule has 1 aromatic carbocycles. The molecule has 1 N–H and O–H groups in total. The predicted octanol–water partition coefficient (Wildman–Crippen LogP) is 2.90. The van der Waals surface area contributed by atoms with Gasteiger partial charge < -0.3 is 10.2 Å². The molecule has 0 atom stereocenters. The summed E-state index contributed by atoms with van der Waals surface area (Å²) in [5.41, 5.74) is 1.29. The molecule has 0 saturated carbocycles. The van der Waals surface area contributed by atoms with Crippen LogP contribution in [0.1, 0.15) is 26.7 Å². The Morgan fingerprint density at radius 1 is 1.12 bits per heavy atom. The first-order chi connectivity index (χ1) is 7.77. The molecule has 0 fully saturated rings. The number of nitrogens with one attached hydrogen (secondary N) is 1. The molecule has 0 heterocycles. The van der Waals surface area contributed by atoms with Gasteiger partial charge in [-0.1, -0.05) is 32.0 Å². The Morgan fingerprint density at radius 2 is 1.75 bits per heavy atom. The van der Waals surface area contributed by atoms with E-state index in [1.807, 2.05) is 0 Å². The Kier molecular flexibility index (Phi) is 5.94. The number of benzene rings is 1. The van der Waals surface area contributed by atoms with E-state index >= 15 is 0 Å². The van der Waals surface area contributed by atoms with Crippen molar-refractivity contribution >= 4 is 5.69 Å². The van der Waals surface area contributed by atoms with Gasteiger partial charge in [-0.05, 0) is 25.0 Å². The van der Waals surface area contributed by atoms with Gasteiger partial charge in [-0.2, -0.15) is 0 Å². The van der Waals surface area contributed by atoms with Crippen LogP contribution in [0.2, 0.25) is 0 Å². The number of anilines is 1. The summed E-state index contributed by atoms with van der Waals surface area (Å²) in [5, 5.41) is 3.58. The smallest absolute Gasteiger partial charge is 0.0364 e. The van der Waals surface area contributed by atoms with Crippen molar-refractivity contribution in [2.75, 3.05) is 25.0 Å². The lowest BCUT2D eigenvalue weighted by molar-refractivity contribution is 0.489. The van der Waals surface area contributed by atoms with E-state index in [-0.39, 0.29) is 0 Å². The molecule has 0 radical (unpaired) electrons. The first-order valence-electron chi connectivity index (χ1n) is 6.27. The number of para-hydroxylation sites is 1. The second-order valence-corrected chi connectivity index (χ2v) is 4.22. The maximum Gasteiger partial charge on any atom is 0.0364 e. The second-order valence-electron chi connectivity index (χ2n) is 4.22. The Hall–Kier alpha value is -1.02. The lowest BCUT2D eigenvalue weighted by Gasteiger charge is -2.21. The SMILES string of the molecule is CCC(CC)NCCN(C)c1ccccc1. The lowest BCUT2D eigenvalue weighted by Crippen LogP contribution is -2.35. The number of nitrogens with zero attached hydrogens (tertiary/aromatic N) is 1. The van der Waals surface area contributed by atoms with Crippen LogP contribution < -0.4 is 10.2 Å². The fraction of sp³-hybridized carbons (Fsp3) is 0.571. The second kappa shape index (κ2) is 7.29. The van der Waals surface area contributed by atoms with E-state index in [0.717, 1.165) is 13.1 Å². The lowest BCUT2D eigenvalue weighted by atomic mass is 10.2. The van der Waals surface area contributed by atoms with Crippen LogP contribution in [0.25, 0.3) is 0 Å². The van der Waals surface area contributed by atoms with Crippen molar-refractivity contribution in [3.8, 4) is 0 Å². The number of hydrogen-bond acceptors (Lipinski definition) is 2. The molecule has 2 nitrogen and oxygen atoms in total. The van der Waals surface area contributed by atoms with E-state index in [0.29, 0.717) is 6.04 Å². The topological polar surface area (TPSA) is 15.3 Å². The molecule has 16 heavy (non-hydrogen) atoms. The summed E-state index contributed by atoms with van der Waals surface area (Å²) in [6.45, 7) is 6.59. The van der Waals surface area contributed by atoms with E-state index < -0.39 is 0 Å². The van der Waals surface area contributed by atoms with Crippen molar-refractivity contribution in [2.24, 2.45) is 0 Å².